The van der Waals surface area contributed by atoms with Crippen molar-refractivity contribution in [3.05, 3.63) is 59.7 Å². The number of benzene rings is 2. The van der Waals surface area contributed by atoms with E-state index in [1.54, 1.807) is 24.3 Å². The van der Waals surface area contributed by atoms with Gasteiger partial charge in [0.2, 0.25) is 0 Å². The molecule has 5 nitrogen and oxygen atoms in total. The zero-order valence-corrected chi connectivity index (χ0v) is 14.1. The molecule has 5 heteroatoms. The second-order valence-corrected chi connectivity index (χ2v) is 5.75. The number of nitrogens with zero attached hydrogens (tertiary/aromatic N) is 1. The number of methoxy groups -OCH3 is 1. The summed E-state index contributed by atoms with van der Waals surface area (Å²) in [4.78, 5) is 14.0. The molecule has 0 amide bonds. The Morgan fingerprint density at radius 1 is 1.12 bits per heavy atom. The van der Waals surface area contributed by atoms with Crippen LogP contribution in [-0.2, 0) is 9.53 Å². The van der Waals surface area contributed by atoms with Crippen molar-refractivity contribution in [3.63, 3.8) is 0 Å². The highest BCUT2D eigenvalue weighted by Gasteiger charge is 2.15. The summed E-state index contributed by atoms with van der Waals surface area (Å²) in [5, 5.41) is 9.62. The molecule has 1 aliphatic heterocycles. The molecule has 1 saturated heterocycles. The number of carboxylic acid groups (broad SMARTS) is 1. The molecule has 130 valence electrons. The molecule has 0 saturated carbocycles. The Bertz CT molecular complexity index is 762. The van der Waals surface area contributed by atoms with Crippen LogP contribution in [0, 0.1) is 0 Å². The number of para-hydroxylation sites is 1. The second-order valence-electron chi connectivity index (χ2n) is 5.75. The van der Waals surface area contributed by atoms with Crippen LogP contribution in [0.25, 0.3) is 11.6 Å². The molecule has 2 aromatic carbocycles. The van der Waals surface area contributed by atoms with Gasteiger partial charge in [0.05, 0.1) is 25.9 Å². The molecule has 0 spiro atoms. The van der Waals surface area contributed by atoms with E-state index >= 15 is 0 Å². The van der Waals surface area contributed by atoms with Gasteiger partial charge >= 0.3 is 5.97 Å². The van der Waals surface area contributed by atoms with E-state index in [4.69, 9.17) is 9.47 Å². The van der Waals surface area contributed by atoms with Gasteiger partial charge in [-0.15, -0.1) is 0 Å². The fourth-order valence-electron chi connectivity index (χ4n) is 2.89. The summed E-state index contributed by atoms with van der Waals surface area (Å²) in [6.07, 6.45) is 1.67. The third kappa shape index (κ3) is 4.00. The van der Waals surface area contributed by atoms with Gasteiger partial charge in [0.25, 0.3) is 0 Å². The third-order valence-electron chi connectivity index (χ3n) is 4.21. The highest BCUT2D eigenvalue weighted by Crippen LogP contribution is 2.28. The predicted octanol–water partition coefficient (Wildman–Crippen LogP) is 3.16. The highest BCUT2D eigenvalue weighted by atomic mass is 16.5. The Kier molecular flexibility index (Phi) is 5.36. The lowest BCUT2D eigenvalue weighted by molar-refractivity contribution is -0.130. The molecule has 0 aromatic heterocycles. The van der Waals surface area contributed by atoms with E-state index in [0.717, 1.165) is 37.6 Å². The molecule has 1 aliphatic rings. The summed E-state index contributed by atoms with van der Waals surface area (Å²) >= 11 is 0. The van der Waals surface area contributed by atoms with Gasteiger partial charge in [-0.05, 0) is 29.8 Å². The maximum absolute atomic E-state index is 11.7. The van der Waals surface area contributed by atoms with Crippen molar-refractivity contribution >= 4 is 23.3 Å². The van der Waals surface area contributed by atoms with Gasteiger partial charge < -0.3 is 19.5 Å². The first-order chi connectivity index (χ1) is 12.2. The predicted molar refractivity (Wildman–Crippen MR) is 98.0 cm³/mol. The summed E-state index contributed by atoms with van der Waals surface area (Å²) < 4.78 is 10.7. The quantitative estimate of drug-likeness (QED) is 0.670. The molecule has 0 radical (unpaired) electrons. The number of morpholine rings is 1. The molecule has 25 heavy (non-hydrogen) atoms. The van der Waals surface area contributed by atoms with E-state index in [9.17, 15) is 9.90 Å². The molecule has 1 heterocycles. The van der Waals surface area contributed by atoms with Crippen molar-refractivity contribution in [1.29, 1.82) is 0 Å². The van der Waals surface area contributed by atoms with Crippen LogP contribution in [0.2, 0.25) is 0 Å². The van der Waals surface area contributed by atoms with E-state index in [1.165, 1.54) is 7.11 Å². The van der Waals surface area contributed by atoms with Crippen LogP contribution in [0.5, 0.6) is 5.75 Å². The van der Waals surface area contributed by atoms with Crippen LogP contribution in [0.15, 0.2) is 48.5 Å². The number of anilines is 1. The number of ether oxygens (including phenoxy) is 2. The molecule has 3 rings (SSSR count). The first-order valence-corrected chi connectivity index (χ1v) is 8.20. The molecule has 0 bridgehead atoms. The standard InChI is InChI=1S/C20H21NO4/c1-24-19-5-3-2-4-17(19)18(20(22)23)14-15-6-8-16(9-7-15)21-10-12-25-13-11-21/h2-9,14H,10-13H2,1H3,(H,22,23). The van der Waals surface area contributed by atoms with Gasteiger partial charge in [0.1, 0.15) is 5.75 Å². The minimum atomic E-state index is -0.984. The summed E-state index contributed by atoms with van der Waals surface area (Å²) in [5.41, 5.74) is 2.72. The van der Waals surface area contributed by atoms with E-state index in [0.29, 0.717) is 11.3 Å². The Balaban J connectivity index is 1.89. The number of aliphatic carboxylic acids is 1. The van der Waals surface area contributed by atoms with Gasteiger partial charge in [-0.1, -0.05) is 30.3 Å². The van der Waals surface area contributed by atoms with Crippen molar-refractivity contribution in [3.8, 4) is 5.75 Å². The molecule has 1 fully saturated rings. The van der Waals surface area contributed by atoms with E-state index in [2.05, 4.69) is 4.90 Å². The Labute approximate surface area is 147 Å². The van der Waals surface area contributed by atoms with Gasteiger partial charge in [-0.25, -0.2) is 4.79 Å². The fraction of sp³-hybridized carbons (Fsp3) is 0.250. The van der Waals surface area contributed by atoms with Crippen LogP contribution in [0.3, 0.4) is 0 Å². The molecule has 1 N–H and O–H groups in total. The topological polar surface area (TPSA) is 59.0 Å². The summed E-state index contributed by atoms with van der Waals surface area (Å²) in [6.45, 7) is 3.21. The van der Waals surface area contributed by atoms with Crippen LogP contribution in [-0.4, -0.2) is 44.5 Å². The zero-order chi connectivity index (χ0) is 17.6. The number of carbonyl (C=O) groups is 1. The largest absolute Gasteiger partial charge is 0.496 e. The average molecular weight is 339 g/mol. The Morgan fingerprint density at radius 3 is 2.44 bits per heavy atom. The van der Waals surface area contributed by atoms with Gasteiger partial charge in [-0.3, -0.25) is 0 Å². The van der Waals surface area contributed by atoms with Crippen molar-refractivity contribution in [1.82, 2.24) is 0 Å². The smallest absolute Gasteiger partial charge is 0.336 e. The monoisotopic (exact) mass is 339 g/mol. The normalized spacial score (nSPS) is 15.1. The van der Waals surface area contributed by atoms with Crippen molar-refractivity contribution in [2.45, 2.75) is 0 Å². The lowest BCUT2D eigenvalue weighted by Gasteiger charge is -2.28. The highest BCUT2D eigenvalue weighted by molar-refractivity contribution is 6.21. The lowest BCUT2D eigenvalue weighted by Crippen LogP contribution is -2.36. The number of hydrogen-bond donors (Lipinski definition) is 1. The molecule has 0 atom stereocenters. The van der Waals surface area contributed by atoms with Crippen molar-refractivity contribution in [2.75, 3.05) is 38.3 Å². The molecule has 2 aromatic rings. The number of rotatable bonds is 5. The van der Waals surface area contributed by atoms with Gasteiger partial charge in [0.15, 0.2) is 0 Å². The molecular formula is C20H21NO4. The summed E-state index contributed by atoms with van der Waals surface area (Å²) in [7, 11) is 1.54. The lowest BCUT2D eigenvalue weighted by atomic mass is 10.0. The molecule has 0 unspecified atom stereocenters. The minimum absolute atomic E-state index is 0.205. The second kappa shape index (κ2) is 7.85. The van der Waals surface area contributed by atoms with Crippen LogP contribution in [0.4, 0.5) is 5.69 Å². The minimum Gasteiger partial charge on any atom is -0.496 e. The summed E-state index contributed by atoms with van der Waals surface area (Å²) in [5.74, 6) is -0.442. The molecule has 0 aliphatic carbocycles. The van der Waals surface area contributed by atoms with E-state index in [1.807, 2.05) is 30.3 Å². The van der Waals surface area contributed by atoms with Crippen LogP contribution >= 0.6 is 0 Å². The fourth-order valence-corrected chi connectivity index (χ4v) is 2.89. The third-order valence-corrected chi connectivity index (χ3v) is 4.21. The SMILES string of the molecule is COc1ccccc1C(=Cc1ccc(N2CCOCC2)cc1)C(=O)O. The summed E-state index contributed by atoms with van der Waals surface area (Å²) in [6, 6.07) is 15.0. The van der Waals surface area contributed by atoms with Crippen LogP contribution < -0.4 is 9.64 Å². The van der Waals surface area contributed by atoms with E-state index in [-0.39, 0.29) is 5.57 Å². The number of hydrogen-bond acceptors (Lipinski definition) is 4. The van der Waals surface area contributed by atoms with Crippen LogP contribution in [0.1, 0.15) is 11.1 Å². The maximum Gasteiger partial charge on any atom is 0.336 e. The Morgan fingerprint density at radius 2 is 1.80 bits per heavy atom. The first-order valence-electron chi connectivity index (χ1n) is 8.20. The Hall–Kier alpha value is -2.79. The molecular weight excluding hydrogens is 318 g/mol. The van der Waals surface area contributed by atoms with E-state index < -0.39 is 5.97 Å². The average Bonchev–Trinajstić information content (AvgIpc) is 2.67. The van der Waals surface area contributed by atoms with Crippen molar-refractivity contribution < 1.29 is 19.4 Å². The zero-order valence-electron chi connectivity index (χ0n) is 14.1. The first kappa shape index (κ1) is 17.0. The number of carboxylic acids is 1. The van der Waals surface area contributed by atoms with Crippen molar-refractivity contribution in [2.24, 2.45) is 0 Å². The van der Waals surface area contributed by atoms with Gasteiger partial charge in [0, 0.05) is 24.3 Å². The maximum atomic E-state index is 11.7. The van der Waals surface area contributed by atoms with Gasteiger partial charge in [-0.2, -0.15) is 0 Å².